The Morgan fingerprint density at radius 3 is 2.04 bits per heavy atom. The number of amides is 1. The highest BCUT2D eigenvalue weighted by molar-refractivity contribution is 5.94. The average Bonchev–Trinajstić information content (AvgIpc) is 2.49. The van der Waals surface area contributed by atoms with Crippen LogP contribution < -0.4 is 10.2 Å². The molecule has 0 heterocycles. The summed E-state index contributed by atoms with van der Waals surface area (Å²) >= 11 is 0. The average molecular weight is 352 g/mol. The fraction of sp³-hybridized carbons (Fsp3) is 0.632. The lowest BCUT2D eigenvalue weighted by Crippen LogP contribution is -2.37. The molecule has 0 aliphatic carbocycles. The molecule has 2 atom stereocenters. The smallest absolute Gasteiger partial charge is 0.251 e. The van der Waals surface area contributed by atoms with Crippen LogP contribution in [0.5, 0.6) is 0 Å². The van der Waals surface area contributed by atoms with E-state index >= 15 is 0 Å². The number of quaternary nitrogens is 1. The molecule has 0 saturated carbocycles. The molecule has 0 bridgehead atoms. The number of benzene rings is 1. The second-order valence-electron chi connectivity index (χ2n) is 7.77. The Balaban J connectivity index is 2.62. The number of rotatable bonds is 10. The molecule has 1 aromatic rings. The lowest BCUT2D eigenvalue weighted by atomic mass is 10.1. The number of anilines is 1. The maximum atomic E-state index is 12.2. The molecule has 3 N–H and O–H groups in total. The van der Waals surface area contributed by atoms with Crippen LogP contribution in [-0.4, -0.2) is 80.1 Å². The monoisotopic (exact) mass is 352 g/mol. The summed E-state index contributed by atoms with van der Waals surface area (Å²) in [4.78, 5) is 14.1. The number of carbonyl (C=O) groups is 1. The Labute approximate surface area is 151 Å². The highest BCUT2D eigenvalue weighted by Crippen LogP contribution is 2.16. The van der Waals surface area contributed by atoms with Gasteiger partial charge in [-0.2, -0.15) is 0 Å². The molecular formula is C19H34N3O3+. The highest BCUT2D eigenvalue weighted by Gasteiger charge is 2.13. The largest absolute Gasteiger partial charge is 0.392 e. The molecule has 6 nitrogen and oxygen atoms in total. The van der Waals surface area contributed by atoms with Crippen LogP contribution in [0.4, 0.5) is 5.69 Å². The van der Waals surface area contributed by atoms with E-state index in [9.17, 15) is 15.0 Å². The van der Waals surface area contributed by atoms with Crippen LogP contribution in [0.1, 0.15) is 30.6 Å². The summed E-state index contributed by atoms with van der Waals surface area (Å²) < 4.78 is 0.882. The van der Waals surface area contributed by atoms with Crippen molar-refractivity contribution in [2.45, 2.75) is 32.5 Å². The standard InChI is InChI=1S/C19H33N3O3/c1-15(23)13-21(14-16(2)24)18-9-7-17(8-10-18)19(25)20-11-6-12-22(3,4)5/h7-10,15-16,23-24H,6,11-14H2,1-5H3/p+1. The van der Waals surface area contributed by atoms with Crippen molar-refractivity contribution in [1.29, 1.82) is 0 Å². The summed E-state index contributed by atoms with van der Waals surface area (Å²) in [6.45, 7) is 5.96. The number of aliphatic hydroxyl groups excluding tert-OH is 2. The predicted molar refractivity (Wildman–Crippen MR) is 102 cm³/mol. The second kappa shape index (κ2) is 9.75. The van der Waals surface area contributed by atoms with Crippen molar-refractivity contribution in [1.82, 2.24) is 5.32 Å². The third-order valence-corrected chi connectivity index (χ3v) is 3.76. The summed E-state index contributed by atoms with van der Waals surface area (Å²) in [5.41, 5.74) is 1.49. The highest BCUT2D eigenvalue weighted by atomic mass is 16.3. The van der Waals surface area contributed by atoms with Crippen LogP contribution in [0.15, 0.2) is 24.3 Å². The Morgan fingerprint density at radius 1 is 1.08 bits per heavy atom. The van der Waals surface area contributed by atoms with Crippen LogP contribution >= 0.6 is 0 Å². The first-order valence-corrected chi connectivity index (χ1v) is 8.88. The molecule has 1 aromatic carbocycles. The lowest BCUT2D eigenvalue weighted by molar-refractivity contribution is -0.870. The topological polar surface area (TPSA) is 72.8 Å². The van der Waals surface area contributed by atoms with Gasteiger partial charge in [0, 0.05) is 37.3 Å². The molecule has 0 spiro atoms. The van der Waals surface area contributed by atoms with Gasteiger partial charge in [0.15, 0.2) is 0 Å². The number of hydrogen-bond acceptors (Lipinski definition) is 4. The Morgan fingerprint density at radius 2 is 1.60 bits per heavy atom. The maximum Gasteiger partial charge on any atom is 0.251 e. The van der Waals surface area contributed by atoms with E-state index in [0.29, 0.717) is 25.2 Å². The Bertz CT molecular complexity index is 512. The first-order valence-electron chi connectivity index (χ1n) is 8.88. The van der Waals surface area contributed by atoms with Gasteiger partial charge in [-0.1, -0.05) is 0 Å². The molecule has 142 valence electrons. The molecule has 0 saturated heterocycles. The van der Waals surface area contributed by atoms with Crippen LogP contribution in [0, 0.1) is 0 Å². The molecule has 2 unspecified atom stereocenters. The fourth-order valence-corrected chi connectivity index (χ4v) is 2.60. The minimum atomic E-state index is -0.497. The van der Waals surface area contributed by atoms with Crippen molar-refractivity contribution in [2.75, 3.05) is 52.2 Å². The van der Waals surface area contributed by atoms with Gasteiger partial charge >= 0.3 is 0 Å². The van der Waals surface area contributed by atoms with Gasteiger partial charge in [0.05, 0.1) is 39.9 Å². The van der Waals surface area contributed by atoms with Gasteiger partial charge in [-0.25, -0.2) is 0 Å². The van der Waals surface area contributed by atoms with E-state index in [4.69, 9.17) is 0 Å². The molecule has 25 heavy (non-hydrogen) atoms. The van der Waals surface area contributed by atoms with Gasteiger partial charge in [-0.3, -0.25) is 4.79 Å². The van der Waals surface area contributed by atoms with Crippen LogP contribution in [0.2, 0.25) is 0 Å². The minimum absolute atomic E-state index is 0.0782. The molecule has 6 heteroatoms. The van der Waals surface area contributed by atoms with Gasteiger partial charge in [0.2, 0.25) is 0 Å². The van der Waals surface area contributed by atoms with Crippen LogP contribution in [0.25, 0.3) is 0 Å². The molecule has 1 rings (SSSR count). The third-order valence-electron chi connectivity index (χ3n) is 3.76. The molecule has 1 amide bonds. The minimum Gasteiger partial charge on any atom is -0.392 e. The van der Waals surface area contributed by atoms with E-state index in [1.54, 1.807) is 26.0 Å². The van der Waals surface area contributed by atoms with Crippen LogP contribution in [0.3, 0.4) is 0 Å². The summed E-state index contributed by atoms with van der Waals surface area (Å²) in [5, 5.41) is 22.2. The van der Waals surface area contributed by atoms with E-state index < -0.39 is 12.2 Å². The van der Waals surface area contributed by atoms with Gasteiger partial charge in [0.25, 0.3) is 5.91 Å². The van der Waals surface area contributed by atoms with Crippen molar-refractivity contribution in [3.63, 3.8) is 0 Å². The molecule has 0 aliphatic rings. The zero-order valence-electron chi connectivity index (χ0n) is 16.2. The van der Waals surface area contributed by atoms with E-state index in [1.165, 1.54) is 0 Å². The third kappa shape index (κ3) is 8.86. The van der Waals surface area contributed by atoms with E-state index in [2.05, 4.69) is 26.5 Å². The van der Waals surface area contributed by atoms with Crippen molar-refractivity contribution in [2.24, 2.45) is 0 Å². The summed E-state index contributed by atoms with van der Waals surface area (Å²) in [6.07, 6.45) is -0.0601. The van der Waals surface area contributed by atoms with Gasteiger partial charge < -0.3 is 24.9 Å². The molecule has 0 aliphatic heterocycles. The number of hydrogen-bond donors (Lipinski definition) is 3. The molecular weight excluding hydrogens is 318 g/mol. The van der Waals surface area contributed by atoms with E-state index in [-0.39, 0.29) is 5.91 Å². The fourth-order valence-electron chi connectivity index (χ4n) is 2.60. The van der Waals surface area contributed by atoms with E-state index in [1.807, 2.05) is 17.0 Å². The molecule has 0 fully saturated rings. The predicted octanol–water partition coefficient (Wildman–Crippen LogP) is 1.08. The Hall–Kier alpha value is -1.63. The number of nitrogens with zero attached hydrogens (tertiary/aromatic N) is 2. The van der Waals surface area contributed by atoms with Crippen molar-refractivity contribution in [3.8, 4) is 0 Å². The summed E-state index contributed by atoms with van der Waals surface area (Å²) in [5.74, 6) is -0.0782. The maximum absolute atomic E-state index is 12.2. The van der Waals surface area contributed by atoms with Gasteiger partial charge in [0.1, 0.15) is 0 Å². The van der Waals surface area contributed by atoms with Crippen LogP contribution in [-0.2, 0) is 0 Å². The SMILES string of the molecule is CC(O)CN(CC(C)O)c1ccc(C(=O)NCCC[N+](C)(C)C)cc1. The number of nitrogens with one attached hydrogen (secondary N) is 1. The summed E-state index contributed by atoms with van der Waals surface area (Å²) in [6, 6.07) is 7.26. The Kier molecular flexibility index (Phi) is 8.35. The van der Waals surface area contributed by atoms with Gasteiger partial charge in [-0.15, -0.1) is 0 Å². The molecule has 0 radical (unpaired) electrons. The first-order chi connectivity index (χ1) is 11.6. The lowest BCUT2D eigenvalue weighted by Gasteiger charge is -2.27. The number of carbonyl (C=O) groups excluding carboxylic acids is 1. The zero-order chi connectivity index (χ0) is 19.0. The van der Waals surface area contributed by atoms with Crippen molar-refractivity contribution >= 4 is 11.6 Å². The van der Waals surface area contributed by atoms with Gasteiger partial charge in [-0.05, 0) is 38.1 Å². The first kappa shape index (κ1) is 21.4. The molecule has 0 aromatic heterocycles. The van der Waals surface area contributed by atoms with Crippen molar-refractivity contribution in [3.05, 3.63) is 29.8 Å². The summed E-state index contributed by atoms with van der Waals surface area (Å²) in [7, 11) is 6.40. The number of aliphatic hydroxyl groups is 2. The van der Waals surface area contributed by atoms with Crippen molar-refractivity contribution < 1.29 is 19.5 Å². The normalized spacial score (nSPS) is 14.0. The van der Waals surface area contributed by atoms with E-state index in [0.717, 1.165) is 23.1 Å². The quantitative estimate of drug-likeness (QED) is 0.435. The second-order valence-corrected chi connectivity index (χ2v) is 7.77. The zero-order valence-corrected chi connectivity index (χ0v) is 16.2.